The van der Waals surface area contributed by atoms with Crippen LogP contribution in [0.2, 0.25) is 0 Å². The number of ether oxygens (including phenoxy) is 2. The fourth-order valence-corrected chi connectivity index (χ4v) is 3.33. The van der Waals surface area contributed by atoms with Gasteiger partial charge in [0.15, 0.2) is 17.3 Å². The molecule has 0 bridgehead atoms. The first-order valence-electron chi connectivity index (χ1n) is 8.50. The summed E-state index contributed by atoms with van der Waals surface area (Å²) in [6, 6.07) is 13.0. The van der Waals surface area contributed by atoms with Gasteiger partial charge in [-0.1, -0.05) is 21.1 Å². The second-order valence-corrected chi connectivity index (χ2v) is 7.14. The van der Waals surface area contributed by atoms with Gasteiger partial charge in [0.25, 0.3) is 0 Å². The Hall–Kier alpha value is -2.80. The third-order valence-electron chi connectivity index (χ3n) is 4.19. The lowest BCUT2D eigenvalue weighted by Gasteiger charge is -2.18. The molecule has 0 spiro atoms. The molecule has 7 heteroatoms. The van der Waals surface area contributed by atoms with Crippen molar-refractivity contribution in [1.82, 2.24) is 5.16 Å². The Kier molecular flexibility index (Phi) is 4.85. The lowest BCUT2D eigenvalue weighted by atomic mass is 10.1. The van der Waals surface area contributed by atoms with Crippen molar-refractivity contribution >= 4 is 27.5 Å². The van der Waals surface area contributed by atoms with E-state index in [2.05, 4.69) is 26.4 Å². The number of anilines is 1. The summed E-state index contributed by atoms with van der Waals surface area (Å²) in [6.07, 6.45) is 0.129. The van der Waals surface area contributed by atoms with E-state index in [0.29, 0.717) is 36.2 Å². The molecule has 27 heavy (non-hydrogen) atoms. The van der Waals surface area contributed by atoms with Gasteiger partial charge >= 0.3 is 0 Å². The van der Waals surface area contributed by atoms with Crippen molar-refractivity contribution in [2.24, 2.45) is 0 Å². The molecular formula is C20H17BrN2O4. The second-order valence-electron chi connectivity index (χ2n) is 6.23. The number of carbonyl (C=O) groups is 1. The van der Waals surface area contributed by atoms with Gasteiger partial charge in [-0.05, 0) is 48.9 Å². The zero-order chi connectivity index (χ0) is 18.8. The number of rotatable bonds is 4. The number of aryl methyl sites for hydroxylation is 1. The molecule has 4 rings (SSSR count). The molecule has 1 aliphatic rings. The van der Waals surface area contributed by atoms with E-state index in [1.165, 1.54) is 0 Å². The monoisotopic (exact) mass is 428 g/mol. The standard InChI is InChI=1S/C20H17BrN2O4/c1-12-8-14(21)3-4-16(12)22-20(24)11-15-10-18(27-23-15)13-2-5-17-19(9-13)26-7-6-25-17/h2-5,8-10H,6-7,11H2,1H3,(H,22,24). The zero-order valence-electron chi connectivity index (χ0n) is 14.6. The predicted octanol–water partition coefficient (Wildman–Crippen LogP) is 4.36. The highest BCUT2D eigenvalue weighted by Crippen LogP contribution is 2.34. The molecule has 6 nitrogen and oxygen atoms in total. The van der Waals surface area contributed by atoms with Crippen LogP contribution >= 0.6 is 15.9 Å². The first-order valence-corrected chi connectivity index (χ1v) is 9.29. The third-order valence-corrected chi connectivity index (χ3v) is 4.68. The normalized spacial score (nSPS) is 12.7. The molecule has 0 radical (unpaired) electrons. The summed E-state index contributed by atoms with van der Waals surface area (Å²) in [5.41, 5.74) is 3.14. The SMILES string of the molecule is Cc1cc(Br)ccc1NC(=O)Cc1cc(-c2ccc3c(c2)OCCO3)on1. The molecule has 138 valence electrons. The van der Waals surface area contributed by atoms with Gasteiger partial charge in [-0.3, -0.25) is 4.79 Å². The quantitative estimate of drug-likeness (QED) is 0.667. The van der Waals surface area contributed by atoms with Gasteiger partial charge in [0, 0.05) is 21.8 Å². The van der Waals surface area contributed by atoms with Gasteiger partial charge in [0.05, 0.1) is 12.1 Å². The van der Waals surface area contributed by atoms with E-state index in [0.717, 1.165) is 21.3 Å². The molecule has 1 amide bonds. The van der Waals surface area contributed by atoms with Crippen molar-refractivity contribution in [2.45, 2.75) is 13.3 Å². The molecule has 2 heterocycles. The highest BCUT2D eigenvalue weighted by atomic mass is 79.9. The lowest BCUT2D eigenvalue weighted by Crippen LogP contribution is -2.15. The van der Waals surface area contributed by atoms with Crippen molar-refractivity contribution in [1.29, 1.82) is 0 Å². The highest BCUT2D eigenvalue weighted by molar-refractivity contribution is 9.10. The van der Waals surface area contributed by atoms with Gasteiger partial charge in [0.2, 0.25) is 5.91 Å². The van der Waals surface area contributed by atoms with Crippen molar-refractivity contribution in [3.05, 3.63) is 58.2 Å². The Labute approximate surface area is 164 Å². The summed E-state index contributed by atoms with van der Waals surface area (Å²) in [4.78, 5) is 12.3. The number of carbonyl (C=O) groups excluding carboxylic acids is 1. The number of benzene rings is 2. The minimum Gasteiger partial charge on any atom is -0.486 e. The maximum absolute atomic E-state index is 12.3. The van der Waals surface area contributed by atoms with Crippen LogP contribution in [0.1, 0.15) is 11.3 Å². The molecule has 0 saturated carbocycles. The Morgan fingerprint density at radius 3 is 2.74 bits per heavy atom. The molecule has 1 N–H and O–H groups in total. The van der Waals surface area contributed by atoms with Gasteiger partial charge in [-0.25, -0.2) is 0 Å². The Morgan fingerprint density at radius 1 is 1.11 bits per heavy atom. The van der Waals surface area contributed by atoms with Crippen LogP contribution in [0.25, 0.3) is 11.3 Å². The van der Waals surface area contributed by atoms with Crippen LogP contribution in [-0.2, 0) is 11.2 Å². The number of aromatic nitrogens is 1. The number of halogens is 1. The van der Waals surface area contributed by atoms with Gasteiger partial charge in [-0.2, -0.15) is 0 Å². The van der Waals surface area contributed by atoms with Crippen molar-refractivity contribution < 1.29 is 18.8 Å². The first-order chi connectivity index (χ1) is 13.1. The molecule has 0 atom stereocenters. The number of nitrogens with one attached hydrogen (secondary N) is 1. The van der Waals surface area contributed by atoms with Crippen LogP contribution in [0.4, 0.5) is 5.69 Å². The summed E-state index contributed by atoms with van der Waals surface area (Å²) < 4.78 is 17.5. The maximum atomic E-state index is 12.3. The Morgan fingerprint density at radius 2 is 1.93 bits per heavy atom. The van der Waals surface area contributed by atoms with Crippen molar-refractivity contribution in [2.75, 3.05) is 18.5 Å². The first kappa shape index (κ1) is 17.6. The van der Waals surface area contributed by atoms with Crippen LogP contribution in [0.15, 0.2) is 51.5 Å². The molecule has 3 aromatic rings. The minimum atomic E-state index is -0.151. The van der Waals surface area contributed by atoms with E-state index in [4.69, 9.17) is 14.0 Å². The topological polar surface area (TPSA) is 73.6 Å². The van der Waals surface area contributed by atoms with Crippen molar-refractivity contribution in [3.63, 3.8) is 0 Å². The summed E-state index contributed by atoms with van der Waals surface area (Å²) in [6.45, 7) is 3.01. The minimum absolute atomic E-state index is 0.129. The summed E-state index contributed by atoms with van der Waals surface area (Å²) >= 11 is 3.41. The number of hydrogen-bond acceptors (Lipinski definition) is 5. The fourth-order valence-electron chi connectivity index (χ4n) is 2.85. The molecule has 0 aliphatic carbocycles. The second kappa shape index (κ2) is 7.44. The average molecular weight is 429 g/mol. The van der Waals surface area contributed by atoms with E-state index in [-0.39, 0.29) is 12.3 Å². The number of fused-ring (bicyclic) bond motifs is 1. The van der Waals surface area contributed by atoms with E-state index >= 15 is 0 Å². The smallest absolute Gasteiger partial charge is 0.230 e. The largest absolute Gasteiger partial charge is 0.486 e. The third kappa shape index (κ3) is 3.98. The molecule has 2 aromatic carbocycles. The predicted molar refractivity (Wildman–Crippen MR) is 104 cm³/mol. The van der Waals surface area contributed by atoms with Gasteiger partial charge in [0.1, 0.15) is 13.2 Å². The number of hydrogen-bond donors (Lipinski definition) is 1. The van der Waals surface area contributed by atoms with E-state index in [9.17, 15) is 4.79 Å². The van der Waals surface area contributed by atoms with E-state index in [1.807, 2.05) is 43.3 Å². The summed E-state index contributed by atoms with van der Waals surface area (Å²) in [5, 5.41) is 6.91. The van der Waals surface area contributed by atoms with E-state index in [1.54, 1.807) is 6.07 Å². The highest BCUT2D eigenvalue weighted by Gasteiger charge is 2.16. The number of amides is 1. The summed E-state index contributed by atoms with van der Waals surface area (Å²) in [7, 11) is 0. The fraction of sp³-hybridized carbons (Fsp3) is 0.200. The van der Waals surface area contributed by atoms with E-state index < -0.39 is 0 Å². The van der Waals surface area contributed by atoms with Crippen LogP contribution in [0.3, 0.4) is 0 Å². The average Bonchev–Trinajstić information content (AvgIpc) is 3.12. The molecule has 0 fully saturated rings. The lowest BCUT2D eigenvalue weighted by molar-refractivity contribution is -0.115. The van der Waals surface area contributed by atoms with Crippen LogP contribution in [0.5, 0.6) is 11.5 Å². The maximum Gasteiger partial charge on any atom is 0.230 e. The number of nitrogens with zero attached hydrogens (tertiary/aromatic N) is 1. The van der Waals surface area contributed by atoms with Crippen molar-refractivity contribution in [3.8, 4) is 22.8 Å². The molecule has 0 saturated heterocycles. The summed E-state index contributed by atoms with van der Waals surface area (Å²) in [5.74, 6) is 1.83. The Bertz CT molecular complexity index is 999. The Balaban J connectivity index is 1.45. The molecular weight excluding hydrogens is 412 g/mol. The van der Waals surface area contributed by atoms with Crippen LogP contribution in [-0.4, -0.2) is 24.3 Å². The molecule has 0 unspecified atom stereocenters. The zero-order valence-corrected chi connectivity index (χ0v) is 16.2. The van der Waals surface area contributed by atoms with Crippen LogP contribution in [0, 0.1) is 6.92 Å². The molecule has 1 aliphatic heterocycles. The van der Waals surface area contributed by atoms with Crippen LogP contribution < -0.4 is 14.8 Å². The van der Waals surface area contributed by atoms with Gasteiger partial charge < -0.3 is 19.3 Å². The van der Waals surface area contributed by atoms with Gasteiger partial charge in [-0.15, -0.1) is 0 Å². The molecule has 1 aromatic heterocycles.